The van der Waals surface area contributed by atoms with Crippen LogP contribution >= 0.6 is 0 Å². The van der Waals surface area contributed by atoms with Gasteiger partial charge in [0.2, 0.25) is 0 Å². The van der Waals surface area contributed by atoms with Crippen molar-refractivity contribution in [3.63, 3.8) is 0 Å². The van der Waals surface area contributed by atoms with E-state index in [2.05, 4.69) is 58.3 Å². The number of fused-ring (bicyclic) bond motifs is 5. The van der Waals surface area contributed by atoms with Gasteiger partial charge >= 0.3 is 5.97 Å². The van der Waals surface area contributed by atoms with E-state index in [-0.39, 0.29) is 17.4 Å². The van der Waals surface area contributed by atoms with Crippen molar-refractivity contribution in [2.24, 2.45) is 57.8 Å². The SMILES string of the molecule is CCNCCCNCCC(=O)OC1(N)CC2=CCC3C(CC[C@@]4(C)C3CC[C@@H]4[C@H](C)CCCC(C)C)[C@@]2(C)CC1N. The first kappa shape index (κ1) is 33.0. The Bertz CT molecular complexity index is 907. The topological polar surface area (TPSA) is 102 Å². The molecule has 0 aliphatic heterocycles. The molecule has 0 heterocycles. The van der Waals surface area contributed by atoms with Gasteiger partial charge in [-0.15, -0.1) is 0 Å². The maximum atomic E-state index is 12.8. The fraction of sp³-hybridized carbons (Fsp3) is 0.914. The fourth-order valence-electron chi connectivity index (χ4n) is 10.0. The molecule has 6 heteroatoms. The van der Waals surface area contributed by atoms with Crippen LogP contribution < -0.4 is 22.1 Å². The summed E-state index contributed by atoms with van der Waals surface area (Å²) < 4.78 is 5.96. The fourth-order valence-corrected chi connectivity index (χ4v) is 10.0. The van der Waals surface area contributed by atoms with Gasteiger partial charge in [0.05, 0.1) is 12.5 Å². The molecule has 3 fully saturated rings. The van der Waals surface area contributed by atoms with Gasteiger partial charge in [-0.25, -0.2) is 0 Å². The normalized spacial score (nSPS) is 39.0. The third-order valence-corrected chi connectivity index (χ3v) is 12.3. The van der Waals surface area contributed by atoms with E-state index in [4.69, 9.17) is 16.2 Å². The molecule has 0 amide bonds. The van der Waals surface area contributed by atoms with Gasteiger partial charge in [-0.05, 0) is 111 Å². The van der Waals surface area contributed by atoms with Crippen LogP contribution in [0.25, 0.3) is 0 Å². The number of hydrogen-bond donors (Lipinski definition) is 4. The highest BCUT2D eigenvalue weighted by molar-refractivity contribution is 5.70. The summed E-state index contributed by atoms with van der Waals surface area (Å²) in [4.78, 5) is 12.8. The average molecular weight is 573 g/mol. The van der Waals surface area contributed by atoms with E-state index in [0.717, 1.165) is 68.5 Å². The van der Waals surface area contributed by atoms with Gasteiger partial charge in [-0.1, -0.05) is 72.5 Å². The molecule has 0 saturated heterocycles. The van der Waals surface area contributed by atoms with E-state index in [1.807, 2.05) is 0 Å². The number of nitrogens with one attached hydrogen (secondary N) is 2. The maximum absolute atomic E-state index is 12.8. The lowest BCUT2D eigenvalue weighted by atomic mass is 9.46. The lowest BCUT2D eigenvalue weighted by Gasteiger charge is -2.60. The van der Waals surface area contributed by atoms with E-state index in [9.17, 15) is 4.79 Å². The van der Waals surface area contributed by atoms with Crippen molar-refractivity contribution in [1.29, 1.82) is 0 Å². The van der Waals surface area contributed by atoms with Crippen molar-refractivity contribution in [3.05, 3.63) is 11.6 Å². The number of carbonyl (C=O) groups is 1. The molecule has 0 aromatic heterocycles. The van der Waals surface area contributed by atoms with Crippen LogP contribution in [0, 0.1) is 46.3 Å². The number of allylic oxidation sites excluding steroid dienone is 1. The summed E-state index contributed by atoms with van der Waals surface area (Å²) in [5.74, 6) is 4.49. The first-order valence-electron chi connectivity index (χ1n) is 17.3. The first-order valence-corrected chi connectivity index (χ1v) is 17.3. The van der Waals surface area contributed by atoms with Gasteiger partial charge in [0.15, 0.2) is 5.72 Å². The molecule has 3 saturated carbocycles. The molecule has 0 spiro atoms. The minimum absolute atomic E-state index is 0.0635. The molecule has 0 bridgehead atoms. The van der Waals surface area contributed by atoms with Crippen LogP contribution in [0.15, 0.2) is 11.6 Å². The van der Waals surface area contributed by atoms with Crippen LogP contribution in [-0.2, 0) is 9.53 Å². The first-order chi connectivity index (χ1) is 19.4. The van der Waals surface area contributed by atoms with Gasteiger partial charge in [0.1, 0.15) is 0 Å². The van der Waals surface area contributed by atoms with Gasteiger partial charge in [0, 0.05) is 13.0 Å². The van der Waals surface area contributed by atoms with Gasteiger partial charge < -0.3 is 21.1 Å². The van der Waals surface area contributed by atoms with Crippen molar-refractivity contribution >= 4 is 5.97 Å². The molecule has 0 aromatic carbocycles. The largest absolute Gasteiger partial charge is 0.442 e. The Balaban J connectivity index is 1.36. The Morgan fingerprint density at radius 2 is 1.80 bits per heavy atom. The predicted octanol–water partition coefficient (Wildman–Crippen LogP) is 6.14. The van der Waals surface area contributed by atoms with Crippen molar-refractivity contribution in [3.8, 4) is 0 Å². The molecule has 5 unspecified atom stereocenters. The number of carbonyl (C=O) groups excluding carboxylic acids is 1. The Labute approximate surface area is 251 Å². The number of hydrogen-bond acceptors (Lipinski definition) is 6. The van der Waals surface area contributed by atoms with Crippen LogP contribution in [0.2, 0.25) is 0 Å². The summed E-state index contributed by atoms with van der Waals surface area (Å²) in [7, 11) is 0. The lowest BCUT2D eigenvalue weighted by Crippen LogP contribution is -2.65. The molecule has 4 rings (SSSR count). The van der Waals surface area contributed by atoms with Crippen molar-refractivity contribution in [1.82, 2.24) is 10.6 Å². The Morgan fingerprint density at radius 1 is 1.05 bits per heavy atom. The number of ether oxygens (including phenoxy) is 1. The summed E-state index contributed by atoms with van der Waals surface area (Å²) in [5, 5.41) is 6.66. The molecule has 0 radical (unpaired) electrons. The second-order valence-corrected chi connectivity index (χ2v) is 15.4. The third kappa shape index (κ3) is 7.07. The van der Waals surface area contributed by atoms with Crippen LogP contribution in [0.1, 0.15) is 119 Å². The Hall–Kier alpha value is -0.950. The molecular weight excluding hydrogens is 508 g/mol. The monoisotopic (exact) mass is 573 g/mol. The molecule has 0 aromatic rings. The highest BCUT2D eigenvalue weighted by Gasteiger charge is 2.61. The van der Waals surface area contributed by atoms with E-state index < -0.39 is 5.72 Å². The zero-order valence-corrected chi connectivity index (χ0v) is 27.4. The van der Waals surface area contributed by atoms with E-state index in [1.165, 1.54) is 50.5 Å². The maximum Gasteiger partial charge on any atom is 0.308 e. The molecule has 6 nitrogen and oxygen atoms in total. The summed E-state index contributed by atoms with van der Waals surface area (Å²) in [6, 6.07) is -0.342. The summed E-state index contributed by atoms with van der Waals surface area (Å²) in [5.41, 5.74) is 14.4. The number of nitrogens with two attached hydrogens (primary N) is 2. The molecule has 4 aliphatic rings. The quantitative estimate of drug-likeness (QED) is 0.0863. The standard InChI is InChI=1S/C35H64N4O2/c1-7-38-19-9-20-39-21-17-32(40)41-35(37)22-26-12-13-27-29-15-14-28(25(4)11-8-10-24(2)3)33(29,5)18-16-30(27)34(26,6)23-31(35)36/h12,24-25,27-31,38-39H,7-11,13-23,36-37H2,1-6H3/t25-,27?,28-,29?,30?,31?,33-,34+,35?/m1/s1. The second-order valence-electron chi connectivity index (χ2n) is 15.4. The lowest BCUT2D eigenvalue weighted by molar-refractivity contribution is -0.167. The smallest absolute Gasteiger partial charge is 0.308 e. The summed E-state index contributed by atoms with van der Waals surface area (Å²) in [6.07, 6.45) is 16.0. The van der Waals surface area contributed by atoms with Crippen molar-refractivity contribution in [2.75, 3.05) is 26.2 Å². The van der Waals surface area contributed by atoms with Gasteiger partial charge in [-0.3, -0.25) is 10.5 Å². The third-order valence-electron chi connectivity index (χ3n) is 12.3. The zero-order chi connectivity index (χ0) is 29.8. The minimum Gasteiger partial charge on any atom is -0.442 e. The summed E-state index contributed by atoms with van der Waals surface area (Å²) in [6.45, 7) is 17.9. The molecule has 41 heavy (non-hydrogen) atoms. The average Bonchev–Trinajstić information content (AvgIpc) is 3.26. The van der Waals surface area contributed by atoms with Gasteiger partial charge in [0.25, 0.3) is 0 Å². The van der Waals surface area contributed by atoms with E-state index in [0.29, 0.717) is 30.7 Å². The van der Waals surface area contributed by atoms with Crippen LogP contribution in [0.5, 0.6) is 0 Å². The number of rotatable bonds is 14. The highest BCUT2D eigenvalue weighted by Crippen LogP contribution is 2.67. The highest BCUT2D eigenvalue weighted by atomic mass is 16.6. The van der Waals surface area contributed by atoms with Gasteiger partial charge in [-0.2, -0.15) is 0 Å². The van der Waals surface area contributed by atoms with Crippen LogP contribution in [0.4, 0.5) is 0 Å². The summed E-state index contributed by atoms with van der Waals surface area (Å²) >= 11 is 0. The minimum atomic E-state index is -1.10. The van der Waals surface area contributed by atoms with Crippen LogP contribution in [0.3, 0.4) is 0 Å². The molecule has 9 atom stereocenters. The van der Waals surface area contributed by atoms with E-state index in [1.54, 1.807) is 0 Å². The molecule has 6 N–H and O–H groups in total. The van der Waals surface area contributed by atoms with Crippen molar-refractivity contribution < 1.29 is 9.53 Å². The van der Waals surface area contributed by atoms with E-state index >= 15 is 0 Å². The molecule has 236 valence electrons. The molecule has 4 aliphatic carbocycles. The molecular formula is C35H64N4O2. The van der Waals surface area contributed by atoms with Crippen LogP contribution in [-0.4, -0.2) is 43.9 Å². The number of esters is 1. The Kier molecular flexibility index (Phi) is 11.1. The predicted molar refractivity (Wildman–Crippen MR) is 170 cm³/mol. The zero-order valence-electron chi connectivity index (χ0n) is 27.4. The Morgan fingerprint density at radius 3 is 2.54 bits per heavy atom. The van der Waals surface area contributed by atoms with Crippen molar-refractivity contribution in [2.45, 2.75) is 130 Å². The second kappa shape index (κ2) is 13.8.